The molecule has 8 nitrogen and oxygen atoms in total. The standard InChI is InChI=1S/C29H42N4O4/c1-20(2)27(30)31-29(35)33-12-10-22(11-13-33)19-37-25-7-4-23(5-8-25)26-9-6-24(18-21(26)3)28(34)32-14-16-36-17-15-32/h4-5,7-9,20-22,24H,6,10-19H2,1-3H3,(H2,30,31,35). The van der Waals surface area contributed by atoms with Crippen molar-refractivity contribution in [3.63, 3.8) is 0 Å². The van der Waals surface area contributed by atoms with Crippen LogP contribution in [0.4, 0.5) is 4.79 Å². The van der Waals surface area contributed by atoms with Gasteiger partial charge < -0.3 is 25.0 Å². The number of nitrogens with two attached hydrogens (primary N) is 1. The molecule has 1 aliphatic carbocycles. The van der Waals surface area contributed by atoms with E-state index in [4.69, 9.17) is 15.2 Å². The number of hydrogen-bond acceptors (Lipinski definition) is 4. The van der Waals surface area contributed by atoms with Gasteiger partial charge in [0.15, 0.2) is 0 Å². The van der Waals surface area contributed by atoms with E-state index in [9.17, 15) is 9.59 Å². The molecule has 8 heteroatoms. The van der Waals surface area contributed by atoms with E-state index in [-0.39, 0.29) is 23.8 Å². The van der Waals surface area contributed by atoms with Crippen LogP contribution in [-0.4, -0.2) is 73.6 Å². The highest BCUT2D eigenvalue weighted by Crippen LogP contribution is 2.36. The van der Waals surface area contributed by atoms with Crippen molar-refractivity contribution in [2.45, 2.75) is 46.5 Å². The fraction of sp³-hybridized carbons (Fsp3) is 0.621. The molecule has 1 aromatic carbocycles. The summed E-state index contributed by atoms with van der Waals surface area (Å²) in [6.45, 7) is 10.8. The fourth-order valence-corrected chi connectivity index (χ4v) is 5.33. The fourth-order valence-electron chi connectivity index (χ4n) is 5.33. The minimum atomic E-state index is -0.232. The molecule has 4 rings (SSSR count). The number of benzene rings is 1. The van der Waals surface area contributed by atoms with Crippen LogP contribution < -0.4 is 10.5 Å². The minimum Gasteiger partial charge on any atom is -0.493 e. The van der Waals surface area contributed by atoms with Crippen LogP contribution in [0.15, 0.2) is 35.3 Å². The molecular formula is C29H42N4O4. The second kappa shape index (κ2) is 12.6. The van der Waals surface area contributed by atoms with Crippen molar-refractivity contribution in [2.24, 2.45) is 34.4 Å². The van der Waals surface area contributed by atoms with Crippen molar-refractivity contribution in [3.05, 3.63) is 35.9 Å². The van der Waals surface area contributed by atoms with Crippen molar-refractivity contribution < 1.29 is 19.1 Å². The number of hydrogen-bond donors (Lipinski definition) is 1. The maximum absolute atomic E-state index is 12.9. The van der Waals surface area contributed by atoms with E-state index in [1.54, 1.807) is 4.90 Å². The van der Waals surface area contributed by atoms with Gasteiger partial charge in [-0.15, -0.1) is 0 Å². The maximum Gasteiger partial charge on any atom is 0.345 e. The highest BCUT2D eigenvalue weighted by atomic mass is 16.5. The Labute approximate surface area is 220 Å². The zero-order valence-corrected chi connectivity index (χ0v) is 22.5. The highest BCUT2D eigenvalue weighted by Gasteiger charge is 2.30. The number of carbonyl (C=O) groups excluding carboxylic acids is 2. The van der Waals surface area contributed by atoms with E-state index in [0.29, 0.717) is 63.7 Å². The molecular weight excluding hydrogens is 468 g/mol. The molecule has 2 atom stereocenters. The molecule has 0 radical (unpaired) electrons. The number of ether oxygens (including phenoxy) is 2. The molecule has 2 saturated heterocycles. The van der Waals surface area contributed by atoms with Crippen LogP contribution in [0.5, 0.6) is 5.75 Å². The Kier molecular flexibility index (Phi) is 9.24. The smallest absolute Gasteiger partial charge is 0.345 e. The number of rotatable bonds is 6. The minimum absolute atomic E-state index is 0.0698. The van der Waals surface area contributed by atoms with Crippen LogP contribution in [-0.2, 0) is 9.53 Å². The third kappa shape index (κ3) is 7.12. The number of amides is 3. The first-order valence-electron chi connectivity index (χ1n) is 13.7. The number of carbonyl (C=O) groups is 2. The van der Waals surface area contributed by atoms with E-state index >= 15 is 0 Å². The summed E-state index contributed by atoms with van der Waals surface area (Å²) in [6.07, 6.45) is 5.73. The molecule has 0 saturated carbocycles. The summed E-state index contributed by atoms with van der Waals surface area (Å²) < 4.78 is 11.5. The van der Waals surface area contributed by atoms with Crippen LogP contribution in [0.2, 0.25) is 0 Å². The predicted molar refractivity (Wildman–Crippen MR) is 145 cm³/mol. The van der Waals surface area contributed by atoms with Gasteiger partial charge in [-0.3, -0.25) is 4.79 Å². The summed E-state index contributed by atoms with van der Waals surface area (Å²) >= 11 is 0. The zero-order chi connectivity index (χ0) is 26.4. The Balaban J connectivity index is 1.24. The Bertz CT molecular complexity index is 990. The quantitative estimate of drug-likeness (QED) is 0.457. The molecule has 3 aliphatic rings. The highest BCUT2D eigenvalue weighted by molar-refractivity contribution is 5.93. The van der Waals surface area contributed by atoms with Gasteiger partial charge in [-0.1, -0.05) is 39.0 Å². The van der Waals surface area contributed by atoms with Gasteiger partial charge in [0, 0.05) is 38.0 Å². The summed E-state index contributed by atoms with van der Waals surface area (Å²) in [5.41, 5.74) is 8.35. The Morgan fingerprint density at radius 2 is 1.76 bits per heavy atom. The normalized spacial score (nSPS) is 23.7. The number of morpholine rings is 1. The molecule has 2 aliphatic heterocycles. The second-order valence-corrected chi connectivity index (χ2v) is 10.9. The average Bonchev–Trinajstić information content (AvgIpc) is 2.92. The Morgan fingerprint density at radius 3 is 2.38 bits per heavy atom. The van der Waals surface area contributed by atoms with Crippen molar-refractivity contribution in [2.75, 3.05) is 46.0 Å². The van der Waals surface area contributed by atoms with Gasteiger partial charge in [-0.25, -0.2) is 4.79 Å². The molecule has 1 aromatic rings. The first-order valence-corrected chi connectivity index (χ1v) is 13.7. The Morgan fingerprint density at radius 1 is 1.08 bits per heavy atom. The molecule has 37 heavy (non-hydrogen) atoms. The van der Waals surface area contributed by atoms with Gasteiger partial charge in [0.25, 0.3) is 0 Å². The zero-order valence-electron chi connectivity index (χ0n) is 22.5. The van der Waals surface area contributed by atoms with Crippen LogP contribution in [0.25, 0.3) is 5.57 Å². The molecule has 202 valence electrons. The van der Waals surface area contributed by atoms with Crippen molar-refractivity contribution in [1.82, 2.24) is 9.80 Å². The number of urea groups is 1. The third-order valence-corrected chi connectivity index (χ3v) is 7.84. The summed E-state index contributed by atoms with van der Waals surface area (Å²) in [7, 11) is 0. The average molecular weight is 511 g/mol. The van der Waals surface area contributed by atoms with E-state index < -0.39 is 0 Å². The lowest BCUT2D eigenvalue weighted by Gasteiger charge is -2.33. The molecule has 0 bridgehead atoms. The summed E-state index contributed by atoms with van der Waals surface area (Å²) in [5.74, 6) is 2.41. The van der Waals surface area contributed by atoms with Crippen molar-refractivity contribution >= 4 is 23.3 Å². The number of allylic oxidation sites excluding steroid dienone is 2. The number of amidine groups is 1. The number of piperidine rings is 1. The molecule has 3 amide bonds. The topological polar surface area (TPSA) is 97.5 Å². The van der Waals surface area contributed by atoms with Gasteiger partial charge in [0.1, 0.15) is 11.6 Å². The van der Waals surface area contributed by atoms with Gasteiger partial charge in [-0.05, 0) is 60.8 Å². The number of aliphatic imine (C=N–C) groups is 1. The van der Waals surface area contributed by atoms with Gasteiger partial charge in [0.2, 0.25) is 5.91 Å². The predicted octanol–water partition coefficient (Wildman–Crippen LogP) is 4.20. The molecule has 2 heterocycles. The summed E-state index contributed by atoms with van der Waals surface area (Å²) in [6, 6.07) is 8.09. The molecule has 0 aromatic heterocycles. The molecule has 2 unspecified atom stereocenters. The van der Waals surface area contributed by atoms with E-state index in [1.165, 1.54) is 11.1 Å². The molecule has 2 N–H and O–H groups in total. The lowest BCUT2D eigenvalue weighted by molar-refractivity contribution is -0.140. The maximum atomic E-state index is 12.9. The van der Waals surface area contributed by atoms with Crippen molar-refractivity contribution in [3.8, 4) is 5.75 Å². The van der Waals surface area contributed by atoms with Gasteiger partial charge in [-0.2, -0.15) is 4.99 Å². The van der Waals surface area contributed by atoms with E-state index in [1.807, 2.05) is 30.9 Å². The molecule has 0 spiro atoms. The first kappa shape index (κ1) is 27.2. The lowest BCUT2D eigenvalue weighted by atomic mass is 9.79. The van der Waals surface area contributed by atoms with Crippen LogP contribution in [0.1, 0.15) is 52.0 Å². The summed E-state index contributed by atoms with van der Waals surface area (Å²) in [4.78, 5) is 33.0. The van der Waals surface area contributed by atoms with Gasteiger partial charge in [0.05, 0.1) is 19.8 Å². The third-order valence-electron chi connectivity index (χ3n) is 7.84. The summed E-state index contributed by atoms with van der Waals surface area (Å²) in [5, 5.41) is 0. The van der Waals surface area contributed by atoms with Crippen LogP contribution in [0, 0.1) is 23.7 Å². The Hall–Kier alpha value is -2.87. The SMILES string of the molecule is CC1CC(C(=O)N2CCOCC2)CC=C1c1ccc(OCC2CCN(C(=O)/N=C(\N)C(C)C)CC2)cc1. The molecule has 2 fully saturated rings. The second-order valence-electron chi connectivity index (χ2n) is 10.9. The van der Waals surface area contributed by atoms with Crippen molar-refractivity contribution in [1.29, 1.82) is 0 Å². The monoisotopic (exact) mass is 510 g/mol. The van der Waals surface area contributed by atoms with E-state index in [2.05, 4.69) is 30.1 Å². The van der Waals surface area contributed by atoms with Crippen LogP contribution >= 0.6 is 0 Å². The lowest BCUT2D eigenvalue weighted by Crippen LogP contribution is -2.44. The number of likely N-dealkylation sites (tertiary alicyclic amines) is 1. The van der Waals surface area contributed by atoms with E-state index in [0.717, 1.165) is 31.4 Å². The van der Waals surface area contributed by atoms with Gasteiger partial charge >= 0.3 is 6.03 Å². The van der Waals surface area contributed by atoms with Crippen LogP contribution in [0.3, 0.4) is 0 Å². The largest absolute Gasteiger partial charge is 0.493 e. The number of nitrogens with zero attached hydrogens (tertiary/aromatic N) is 3. The first-order chi connectivity index (χ1) is 17.8.